The van der Waals surface area contributed by atoms with Gasteiger partial charge >= 0.3 is 5.97 Å². The fourth-order valence-electron chi connectivity index (χ4n) is 1.61. The molecule has 19 heavy (non-hydrogen) atoms. The third kappa shape index (κ3) is 3.39. The second-order valence-electron chi connectivity index (χ2n) is 4.00. The molecular weight excluding hydrogens is 378 g/mol. The van der Waals surface area contributed by atoms with E-state index in [0.29, 0.717) is 5.76 Å². The van der Waals surface area contributed by atoms with Crippen LogP contribution < -0.4 is 5.32 Å². The molecule has 0 aliphatic carbocycles. The highest BCUT2D eigenvalue weighted by Gasteiger charge is 2.14. The fourth-order valence-corrected chi connectivity index (χ4v) is 2.77. The quantitative estimate of drug-likeness (QED) is 0.798. The van der Waals surface area contributed by atoms with E-state index in [1.807, 2.05) is 25.1 Å². The lowest BCUT2D eigenvalue weighted by molar-refractivity contribution is 0.0660. The molecule has 0 radical (unpaired) electrons. The number of anilines is 1. The van der Waals surface area contributed by atoms with Gasteiger partial charge in [0, 0.05) is 14.6 Å². The highest BCUT2D eigenvalue weighted by Crippen LogP contribution is 2.29. The van der Waals surface area contributed by atoms with E-state index in [9.17, 15) is 4.79 Å². The molecule has 0 saturated heterocycles. The third-order valence-electron chi connectivity index (χ3n) is 2.57. The molecule has 0 amide bonds. The molecule has 0 bridgehead atoms. The second kappa shape index (κ2) is 5.79. The zero-order valence-electron chi connectivity index (χ0n) is 9.98. The van der Waals surface area contributed by atoms with Crippen molar-refractivity contribution >= 4 is 43.5 Å². The molecule has 1 atom stereocenters. The molecule has 2 rings (SSSR count). The maximum atomic E-state index is 10.8. The maximum absolute atomic E-state index is 10.8. The summed E-state index contributed by atoms with van der Waals surface area (Å²) in [4.78, 5) is 10.8. The molecule has 0 saturated carbocycles. The lowest BCUT2D eigenvalue weighted by Crippen LogP contribution is -2.06. The molecule has 0 aliphatic rings. The van der Waals surface area contributed by atoms with Crippen LogP contribution in [0.5, 0.6) is 0 Å². The highest BCUT2D eigenvalue weighted by molar-refractivity contribution is 9.11. The van der Waals surface area contributed by atoms with Gasteiger partial charge in [-0.1, -0.05) is 15.9 Å². The van der Waals surface area contributed by atoms with Gasteiger partial charge < -0.3 is 14.8 Å². The SMILES string of the molecule is CC(Nc1ccc(Br)cc1Br)c1ccc(C(=O)O)o1. The van der Waals surface area contributed by atoms with Crippen LogP contribution in [0.3, 0.4) is 0 Å². The predicted molar refractivity (Wildman–Crippen MR) is 79.5 cm³/mol. The van der Waals surface area contributed by atoms with Crippen LogP contribution in [0.25, 0.3) is 0 Å². The number of nitrogens with one attached hydrogen (secondary N) is 1. The number of carboxylic acids is 1. The highest BCUT2D eigenvalue weighted by atomic mass is 79.9. The van der Waals surface area contributed by atoms with Gasteiger partial charge in [0.25, 0.3) is 0 Å². The van der Waals surface area contributed by atoms with Crippen molar-refractivity contribution in [2.45, 2.75) is 13.0 Å². The molecule has 6 heteroatoms. The van der Waals surface area contributed by atoms with Crippen molar-refractivity contribution < 1.29 is 14.3 Å². The van der Waals surface area contributed by atoms with Crippen LogP contribution in [0.2, 0.25) is 0 Å². The smallest absolute Gasteiger partial charge is 0.371 e. The average Bonchev–Trinajstić information content (AvgIpc) is 2.82. The summed E-state index contributed by atoms with van der Waals surface area (Å²) in [6, 6.07) is 8.75. The van der Waals surface area contributed by atoms with Gasteiger partial charge in [-0.05, 0) is 53.2 Å². The third-order valence-corrected chi connectivity index (χ3v) is 3.72. The molecule has 1 aromatic heterocycles. The predicted octanol–water partition coefficient (Wildman–Crippen LogP) is 4.68. The second-order valence-corrected chi connectivity index (χ2v) is 5.77. The molecule has 1 heterocycles. The van der Waals surface area contributed by atoms with Gasteiger partial charge in [-0.3, -0.25) is 0 Å². The van der Waals surface area contributed by atoms with Crippen LogP contribution in [-0.2, 0) is 0 Å². The Balaban J connectivity index is 2.15. The number of rotatable bonds is 4. The zero-order valence-corrected chi connectivity index (χ0v) is 13.2. The number of hydrogen-bond donors (Lipinski definition) is 2. The molecule has 100 valence electrons. The van der Waals surface area contributed by atoms with Crippen molar-refractivity contribution in [2.75, 3.05) is 5.32 Å². The van der Waals surface area contributed by atoms with E-state index in [0.717, 1.165) is 14.6 Å². The van der Waals surface area contributed by atoms with E-state index in [-0.39, 0.29) is 11.8 Å². The number of halogens is 2. The number of furan rings is 1. The molecule has 1 aromatic carbocycles. The molecule has 0 aliphatic heterocycles. The lowest BCUT2D eigenvalue weighted by Gasteiger charge is -2.14. The number of carboxylic acid groups (broad SMARTS) is 1. The summed E-state index contributed by atoms with van der Waals surface area (Å²) in [5, 5.41) is 12.1. The van der Waals surface area contributed by atoms with E-state index >= 15 is 0 Å². The summed E-state index contributed by atoms with van der Waals surface area (Å²) in [5.74, 6) is -0.547. The first-order chi connectivity index (χ1) is 8.97. The molecule has 0 spiro atoms. The minimum atomic E-state index is -1.07. The fraction of sp³-hybridized carbons (Fsp3) is 0.154. The van der Waals surface area contributed by atoms with Gasteiger partial charge in [0.2, 0.25) is 5.76 Å². The van der Waals surface area contributed by atoms with Gasteiger partial charge in [0.1, 0.15) is 5.76 Å². The van der Waals surface area contributed by atoms with Crippen LogP contribution >= 0.6 is 31.9 Å². The number of aromatic carboxylic acids is 1. The summed E-state index contributed by atoms with van der Waals surface area (Å²) in [5.41, 5.74) is 0.906. The summed E-state index contributed by atoms with van der Waals surface area (Å²) >= 11 is 6.84. The van der Waals surface area contributed by atoms with E-state index in [1.54, 1.807) is 6.07 Å². The normalized spacial score (nSPS) is 12.2. The molecule has 2 N–H and O–H groups in total. The minimum absolute atomic E-state index is 0.0569. The van der Waals surface area contributed by atoms with Crippen molar-refractivity contribution in [3.63, 3.8) is 0 Å². The van der Waals surface area contributed by atoms with Crippen molar-refractivity contribution in [1.29, 1.82) is 0 Å². The maximum Gasteiger partial charge on any atom is 0.371 e. The Hall–Kier alpha value is -1.27. The van der Waals surface area contributed by atoms with E-state index in [4.69, 9.17) is 9.52 Å². The Kier molecular flexibility index (Phi) is 4.31. The van der Waals surface area contributed by atoms with Crippen molar-refractivity contribution in [2.24, 2.45) is 0 Å². The van der Waals surface area contributed by atoms with Crippen LogP contribution in [0.15, 0.2) is 43.7 Å². The molecule has 2 aromatic rings. The topological polar surface area (TPSA) is 62.5 Å². The monoisotopic (exact) mass is 387 g/mol. The largest absolute Gasteiger partial charge is 0.475 e. The zero-order chi connectivity index (χ0) is 14.0. The van der Waals surface area contributed by atoms with Crippen LogP contribution in [0.1, 0.15) is 29.3 Å². The Morgan fingerprint density at radius 1 is 1.32 bits per heavy atom. The molecule has 4 nitrogen and oxygen atoms in total. The first kappa shape index (κ1) is 14.1. The molecule has 1 unspecified atom stereocenters. The molecular formula is C13H11Br2NO3. The van der Waals surface area contributed by atoms with Crippen molar-refractivity contribution in [1.82, 2.24) is 0 Å². The Bertz CT molecular complexity index is 610. The van der Waals surface area contributed by atoms with Crippen LogP contribution in [0.4, 0.5) is 5.69 Å². The van der Waals surface area contributed by atoms with Crippen LogP contribution in [0, 0.1) is 0 Å². The Morgan fingerprint density at radius 2 is 2.05 bits per heavy atom. The van der Waals surface area contributed by atoms with Gasteiger partial charge in [0.05, 0.1) is 6.04 Å². The Labute approximate surface area is 127 Å². The van der Waals surface area contributed by atoms with E-state index in [2.05, 4.69) is 37.2 Å². The minimum Gasteiger partial charge on any atom is -0.475 e. The van der Waals surface area contributed by atoms with E-state index < -0.39 is 5.97 Å². The summed E-state index contributed by atoms with van der Waals surface area (Å²) < 4.78 is 7.15. The van der Waals surface area contributed by atoms with Crippen LogP contribution in [-0.4, -0.2) is 11.1 Å². The van der Waals surface area contributed by atoms with Gasteiger partial charge in [0.15, 0.2) is 0 Å². The first-order valence-electron chi connectivity index (χ1n) is 5.52. The summed E-state index contributed by atoms with van der Waals surface area (Å²) in [6.07, 6.45) is 0. The van der Waals surface area contributed by atoms with Gasteiger partial charge in [-0.25, -0.2) is 4.79 Å². The van der Waals surface area contributed by atoms with E-state index in [1.165, 1.54) is 6.07 Å². The number of hydrogen-bond acceptors (Lipinski definition) is 3. The Morgan fingerprint density at radius 3 is 2.63 bits per heavy atom. The van der Waals surface area contributed by atoms with Gasteiger partial charge in [-0.15, -0.1) is 0 Å². The van der Waals surface area contributed by atoms with Crippen molar-refractivity contribution in [3.8, 4) is 0 Å². The average molecular weight is 389 g/mol. The first-order valence-corrected chi connectivity index (χ1v) is 7.10. The summed E-state index contributed by atoms with van der Waals surface area (Å²) in [7, 11) is 0. The summed E-state index contributed by atoms with van der Waals surface area (Å²) in [6.45, 7) is 1.90. The lowest BCUT2D eigenvalue weighted by atomic mass is 10.2. The molecule has 0 fully saturated rings. The van der Waals surface area contributed by atoms with Gasteiger partial charge in [-0.2, -0.15) is 0 Å². The number of carbonyl (C=O) groups is 1. The number of benzene rings is 1. The standard InChI is InChI=1S/C13H11Br2NO3/c1-7(11-4-5-12(19-11)13(17)18)16-10-3-2-8(14)6-9(10)15/h2-7,16H,1H3,(H,17,18). The van der Waals surface area contributed by atoms with Crippen molar-refractivity contribution in [3.05, 3.63) is 50.8 Å².